The van der Waals surface area contributed by atoms with Gasteiger partial charge in [0, 0.05) is 19.4 Å². The summed E-state index contributed by atoms with van der Waals surface area (Å²) >= 11 is 0. The SMILES string of the molecule is COc1c(O)cc2cc1Oc1ccc(cc1N)C[C@@H](NC(=O)[C@H](CC(C)C)NC(=O)CN)C(=O)N[C@@H](Cc1ccccc1)C(=O)NC2. The van der Waals surface area contributed by atoms with Crippen LogP contribution in [0.15, 0.2) is 60.7 Å². The molecule has 5 rings (SSSR count). The van der Waals surface area contributed by atoms with Crippen molar-refractivity contribution in [1.82, 2.24) is 21.3 Å². The number of phenols is 1. The Morgan fingerprint density at radius 1 is 1.04 bits per heavy atom. The molecule has 2 aliphatic rings. The van der Waals surface area contributed by atoms with Crippen LogP contribution in [0, 0.1) is 5.92 Å². The Kier molecular flexibility index (Phi) is 11.6. The van der Waals surface area contributed by atoms with Crippen molar-refractivity contribution in [2.45, 2.75) is 57.8 Å². The average Bonchev–Trinajstić information content (AvgIpc) is 3.03. The molecule has 3 atom stereocenters. The van der Waals surface area contributed by atoms with E-state index in [1.165, 1.54) is 13.2 Å². The van der Waals surface area contributed by atoms with Gasteiger partial charge < -0.3 is 47.3 Å². The molecule has 3 aromatic rings. The van der Waals surface area contributed by atoms with Gasteiger partial charge in [-0.25, -0.2) is 0 Å². The van der Waals surface area contributed by atoms with Crippen molar-refractivity contribution < 1.29 is 33.8 Å². The molecule has 13 nitrogen and oxygen atoms in total. The molecule has 2 aliphatic heterocycles. The second-order valence-corrected chi connectivity index (χ2v) is 11.8. The Balaban J connectivity index is 1.74. The minimum Gasteiger partial charge on any atom is -0.504 e. The van der Waals surface area contributed by atoms with Crippen molar-refractivity contribution in [3.8, 4) is 23.0 Å². The zero-order valence-corrected chi connectivity index (χ0v) is 26.7. The summed E-state index contributed by atoms with van der Waals surface area (Å²) in [5, 5.41) is 21.7. The molecular weight excluding hydrogens is 604 g/mol. The number of phenolic OH excluding ortho intramolecular Hbond substituents is 1. The first-order valence-electron chi connectivity index (χ1n) is 15.3. The van der Waals surface area contributed by atoms with Gasteiger partial charge in [0.05, 0.1) is 19.3 Å². The van der Waals surface area contributed by atoms with Crippen LogP contribution in [-0.2, 0) is 38.6 Å². The molecule has 0 aromatic heterocycles. The maximum Gasteiger partial charge on any atom is 0.243 e. The fourth-order valence-electron chi connectivity index (χ4n) is 5.28. The van der Waals surface area contributed by atoms with Crippen LogP contribution in [0.5, 0.6) is 23.0 Å². The van der Waals surface area contributed by atoms with E-state index in [0.29, 0.717) is 17.5 Å². The van der Waals surface area contributed by atoms with Crippen molar-refractivity contribution in [1.29, 1.82) is 0 Å². The van der Waals surface area contributed by atoms with Crippen molar-refractivity contribution >= 4 is 29.3 Å². The Morgan fingerprint density at radius 3 is 2.45 bits per heavy atom. The molecule has 9 N–H and O–H groups in total. The second kappa shape index (κ2) is 15.8. The second-order valence-electron chi connectivity index (χ2n) is 11.8. The lowest BCUT2D eigenvalue weighted by Gasteiger charge is -2.26. The zero-order chi connectivity index (χ0) is 34.1. The van der Waals surface area contributed by atoms with Gasteiger partial charge in [0.25, 0.3) is 0 Å². The number of carbonyl (C=O) groups excluding carboxylic acids is 4. The molecule has 4 bridgehead atoms. The third-order valence-corrected chi connectivity index (χ3v) is 7.59. The number of ether oxygens (including phenoxy) is 2. The number of hydrogen-bond acceptors (Lipinski definition) is 9. The van der Waals surface area contributed by atoms with Crippen LogP contribution in [0.3, 0.4) is 0 Å². The number of nitrogen functional groups attached to an aromatic ring is 1. The number of amides is 4. The molecule has 0 aliphatic carbocycles. The number of benzene rings is 3. The van der Waals surface area contributed by atoms with Crippen molar-refractivity contribution in [2.75, 3.05) is 19.4 Å². The first-order chi connectivity index (χ1) is 22.5. The van der Waals surface area contributed by atoms with E-state index in [-0.39, 0.29) is 60.5 Å². The fraction of sp³-hybridized carbons (Fsp3) is 0.353. The molecule has 47 heavy (non-hydrogen) atoms. The predicted molar refractivity (Wildman–Crippen MR) is 176 cm³/mol. The van der Waals surface area contributed by atoms with Gasteiger partial charge in [-0.3, -0.25) is 19.2 Å². The highest BCUT2D eigenvalue weighted by Crippen LogP contribution is 2.41. The normalized spacial score (nSPS) is 17.2. The molecular formula is C34H42N6O7. The van der Waals surface area contributed by atoms with E-state index < -0.39 is 41.8 Å². The number of rotatable bonds is 9. The molecule has 0 spiro atoms. The topological polar surface area (TPSA) is 207 Å². The molecule has 250 valence electrons. The summed E-state index contributed by atoms with van der Waals surface area (Å²) in [4.78, 5) is 53.2. The predicted octanol–water partition coefficient (Wildman–Crippen LogP) is 1.65. The molecule has 13 heteroatoms. The highest BCUT2D eigenvalue weighted by Gasteiger charge is 2.31. The number of aromatic hydroxyl groups is 1. The molecule has 3 aromatic carbocycles. The maximum absolute atomic E-state index is 13.9. The molecule has 0 saturated carbocycles. The standard InChI is InChI=1S/C34H42N6O7/c1-19(2)11-24(38-30(42)17-35)33(44)40-26-14-21-9-10-28(23(36)12-21)47-29-16-22(15-27(41)31(29)46-3)18-37-32(43)25(39-34(26)45)13-20-7-5-4-6-8-20/h4-10,12,15-16,19,24-26,41H,11,13-14,17-18,35-36H2,1-3H3,(H,37,43)(H,38,42)(H,39,45)(H,40,44)/t24-,25-,26+/m0/s1. The van der Waals surface area contributed by atoms with E-state index in [1.54, 1.807) is 24.3 Å². The van der Waals surface area contributed by atoms with E-state index in [9.17, 15) is 24.3 Å². The summed E-state index contributed by atoms with van der Waals surface area (Å²) in [6.45, 7) is 3.49. The van der Waals surface area contributed by atoms with Gasteiger partial charge in [0.2, 0.25) is 29.4 Å². The van der Waals surface area contributed by atoms with Crippen LogP contribution in [0.2, 0.25) is 0 Å². The number of anilines is 1. The summed E-state index contributed by atoms with van der Waals surface area (Å²) in [5.41, 5.74) is 14.0. The number of carbonyl (C=O) groups is 4. The third-order valence-electron chi connectivity index (χ3n) is 7.59. The minimum absolute atomic E-state index is 0.000553. The van der Waals surface area contributed by atoms with Crippen LogP contribution < -0.4 is 42.2 Å². The van der Waals surface area contributed by atoms with Gasteiger partial charge in [-0.1, -0.05) is 50.2 Å². The Morgan fingerprint density at radius 2 is 1.79 bits per heavy atom. The summed E-state index contributed by atoms with van der Waals surface area (Å²) in [5.74, 6) is -1.82. The van der Waals surface area contributed by atoms with Gasteiger partial charge in [0.1, 0.15) is 18.1 Å². The van der Waals surface area contributed by atoms with Crippen molar-refractivity contribution in [2.24, 2.45) is 11.7 Å². The van der Waals surface area contributed by atoms with Gasteiger partial charge in [0.15, 0.2) is 17.2 Å². The Bertz CT molecular complexity index is 1600. The van der Waals surface area contributed by atoms with E-state index in [1.807, 2.05) is 44.2 Å². The van der Waals surface area contributed by atoms with Crippen LogP contribution >= 0.6 is 0 Å². The summed E-state index contributed by atoms with van der Waals surface area (Å²) in [6, 6.07) is 14.0. The summed E-state index contributed by atoms with van der Waals surface area (Å²) < 4.78 is 11.4. The number of hydrogen-bond donors (Lipinski definition) is 7. The average molecular weight is 647 g/mol. The van der Waals surface area contributed by atoms with Crippen LogP contribution in [0.1, 0.15) is 37.0 Å². The van der Waals surface area contributed by atoms with Crippen LogP contribution in [0.25, 0.3) is 0 Å². The minimum atomic E-state index is -1.15. The highest BCUT2D eigenvalue weighted by atomic mass is 16.5. The highest BCUT2D eigenvalue weighted by molar-refractivity contribution is 5.94. The molecule has 2 heterocycles. The lowest BCUT2D eigenvalue weighted by Crippen LogP contribution is -2.58. The molecule has 4 amide bonds. The maximum atomic E-state index is 13.9. The van der Waals surface area contributed by atoms with E-state index in [4.69, 9.17) is 20.9 Å². The molecule has 0 fully saturated rings. The molecule has 0 radical (unpaired) electrons. The number of nitrogens with one attached hydrogen (secondary N) is 4. The Hall–Kier alpha value is -5.30. The lowest BCUT2D eigenvalue weighted by atomic mass is 9.99. The van der Waals surface area contributed by atoms with Gasteiger partial charge in [-0.15, -0.1) is 0 Å². The fourth-order valence-corrected chi connectivity index (χ4v) is 5.28. The van der Waals surface area contributed by atoms with Crippen LogP contribution in [-0.4, -0.2) is 60.5 Å². The van der Waals surface area contributed by atoms with E-state index in [2.05, 4.69) is 21.3 Å². The van der Waals surface area contributed by atoms with E-state index >= 15 is 0 Å². The number of methoxy groups -OCH3 is 1. The number of nitrogens with two attached hydrogens (primary N) is 2. The first-order valence-corrected chi connectivity index (χ1v) is 15.3. The quantitative estimate of drug-likeness (QED) is 0.169. The third kappa shape index (κ3) is 9.36. The smallest absolute Gasteiger partial charge is 0.243 e. The molecule has 0 unspecified atom stereocenters. The van der Waals surface area contributed by atoms with Gasteiger partial charge in [-0.2, -0.15) is 0 Å². The van der Waals surface area contributed by atoms with Gasteiger partial charge in [-0.05, 0) is 53.3 Å². The zero-order valence-electron chi connectivity index (χ0n) is 26.7. The Labute approximate surface area is 273 Å². The van der Waals surface area contributed by atoms with E-state index in [0.717, 1.165) is 5.56 Å². The van der Waals surface area contributed by atoms with Gasteiger partial charge >= 0.3 is 0 Å². The summed E-state index contributed by atoms with van der Waals surface area (Å²) in [6.07, 6.45) is 0.467. The van der Waals surface area contributed by atoms with Crippen molar-refractivity contribution in [3.05, 3.63) is 77.4 Å². The lowest BCUT2D eigenvalue weighted by molar-refractivity contribution is -0.133. The van der Waals surface area contributed by atoms with Crippen LogP contribution in [0.4, 0.5) is 5.69 Å². The first kappa shape index (κ1) is 34.6. The number of fused-ring (bicyclic) bond motifs is 9. The monoisotopic (exact) mass is 646 g/mol. The largest absolute Gasteiger partial charge is 0.504 e. The van der Waals surface area contributed by atoms with Crippen molar-refractivity contribution in [3.63, 3.8) is 0 Å². The summed E-state index contributed by atoms with van der Waals surface area (Å²) in [7, 11) is 1.39. The molecule has 0 saturated heterocycles.